The van der Waals surface area contributed by atoms with E-state index in [-0.39, 0.29) is 6.04 Å². The summed E-state index contributed by atoms with van der Waals surface area (Å²) in [5.74, 6) is 0.759. The van der Waals surface area contributed by atoms with E-state index in [4.69, 9.17) is 20.5 Å². The normalized spacial score (nSPS) is 10.8. The third kappa shape index (κ3) is 12.2. The zero-order chi connectivity index (χ0) is 24.2. The Kier molecular flexibility index (Phi) is 17.3. The molecule has 1 aromatic carbocycles. The molecule has 7 heteroatoms. The number of ether oxygens (including phenoxy) is 2. The molecule has 0 bridgehead atoms. The van der Waals surface area contributed by atoms with Gasteiger partial charge in [-0.25, -0.2) is 0 Å². The van der Waals surface area contributed by atoms with Crippen molar-refractivity contribution in [3.05, 3.63) is 23.3 Å². The van der Waals surface area contributed by atoms with Gasteiger partial charge >= 0.3 is 0 Å². The first-order chi connectivity index (χ1) is 15.5. The van der Waals surface area contributed by atoms with Crippen LogP contribution < -0.4 is 20.5 Å². The lowest BCUT2D eigenvalue weighted by Gasteiger charge is -2.13. The third-order valence-corrected chi connectivity index (χ3v) is 5.25. The van der Waals surface area contributed by atoms with Gasteiger partial charge in [0.15, 0.2) is 0 Å². The fourth-order valence-corrected chi connectivity index (χ4v) is 3.31. The third-order valence-electron chi connectivity index (χ3n) is 5.25. The van der Waals surface area contributed by atoms with Crippen LogP contribution in [0.25, 0.3) is 0 Å². The van der Waals surface area contributed by atoms with Crippen molar-refractivity contribution in [1.82, 2.24) is 5.32 Å². The van der Waals surface area contributed by atoms with Crippen LogP contribution in [0.4, 0.5) is 0 Å². The minimum atomic E-state index is -0.470. The number of benzene rings is 1. The molecule has 0 aliphatic heterocycles. The molecule has 180 valence electrons. The molecule has 0 fully saturated rings. The predicted octanol–water partition coefficient (Wildman–Crippen LogP) is 4.91. The van der Waals surface area contributed by atoms with Crippen LogP contribution in [0, 0.1) is 11.3 Å². The number of rotatable bonds is 16. The number of carbonyl (C=O) groups excluding carboxylic acids is 2. The van der Waals surface area contributed by atoms with Crippen molar-refractivity contribution < 1.29 is 19.1 Å². The Morgan fingerprint density at radius 1 is 1.03 bits per heavy atom. The molecule has 0 spiro atoms. The highest BCUT2D eigenvalue weighted by Gasteiger charge is 2.14. The second-order valence-electron chi connectivity index (χ2n) is 7.68. The second kappa shape index (κ2) is 19.0. The van der Waals surface area contributed by atoms with Gasteiger partial charge in [-0.1, -0.05) is 65.2 Å². The molecule has 1 aromatic rings. The van der Waals surface area contributed by atoms with Crippen molar-refractivity contribution in [3.8, 4) is 17.6 Å². The molecule has 3 N–H and O–H groups in total. The minimum absolute atomic E-state index is 0.313. The van der Waals surface area contributed by atoms with Gasteiger partial charge in [-0.3, -0.25) is 9.59 Å². The van der Waals surface area contributed by atoms with Crippen LogP contribution >= 0.6 is 0 Å². The summed E-state index contributed by atoms with van der Waals surface area (Å²) in [6.45, 7) is 4.08. The molecular formula is C25H41N3O4. The Morgan fingerprint density at radius 2 is 1.59 bits per heavy atom. The SMILES string of the molecule is CCC(C#N)NC=O.CCCCCCCCCCCc1cc(C(N)=O)c(OC)cc1OC. The van der Waals surface area contributed by atoms with E-state index in [1.807, 2.05) is 19.1 Å². The van der Waals surface area contributed by atoms with E-state index in [9.17, 15) is 9.59 Å². The predicted molar refractivity (Wildman–Crippen MR) is 128 cm³/mol. The maximum Gasteiger partial charge on any atom is 0.252 e. The summed E-state index contributed by atoms with van der Waals surface area (Å²) in [6, 6.07) is 5.16. The van der Waals surface area contributed by atoms with Gasteiger partial charge in [0, 0.05) is 6.07 Å². The number of carbonyl (C=O) groups is 2. The molecule has 0 radical (unpaired) electrons. The van der Waals surface area contributed by atoms with Crippen LogP contribution in [0.3, 0.4) is 0 Å². The molecule has 0 saturated carbocycles. The van der Waals surface area contributed by atoms with Crippen LogP contribution in [0.15, 0.2) is 12.1 Å². The molecule has 32 heavy (non-hydrogen) atoms. The summed E-state index contributed by atoms with van der Waals surface area (Å²) in [6.07, 6.45) is 13.7. The summed E-state index contributed by atoms with van der Waals surface area (Å²) in [5.41, 5.74) is 6.88. The number of nitrogens with zero attached hydrogens (tertiary/aromatic N) is 1. The van der Waals surface area contributed by atoms with E-state index < -0.39 is 5.91 Å². The lowest BCUT2D eigenvalue weighted by molar-refractivity contribution is -0.109. The van der Waals surface area contributed by atoms with E-state index in [1.165, 1.54) is 58.5 Å². The molecule has 2 amide bonds. The highest BCUT2D eigenvalue weighted by molar-refractivity contribution is 5.96. The molecule has 7 nitrogen and oxygen atoms in total. The smallest absolute Gasteiger partial charge is 0.252 e. The standard InChI is InChI=1S/C20H33NO3.C5H8N2O/c1-4-5-6-7-8-9-10-11-12-13-16-14-17(20(21)22)19(24-3)15-18(16)23-2;1-2-5(3-6)7-4-8/h14-15H,4-13H2,1-3H3,(H2,21,22);4-5H,2H2,1H3,(H,7,8). The number of methoxy groups -OCH3 is 2. The van der Waals surface area contributed by atoms with Crippen LogP contribution in [0.1, 0.15) is 94.0 Å². The first-order valence-corrected chi connectivity index (χ1v) is 11.6. The maximum atomic E-state index is 11.6. The molecule has 1 atom stereocenters. The van der Waals surface area contributed by atoms with Crippen LogP contribution in [-0.2, 0) is 11.2 Å². The summed E-state index contributed by atoms with van der Waals surface area (Å²) >= 11 is 0. The zero-order valence-corrected chi connectivity index (χ0v) is 20.2. The molecule has 0 heterocycles. The molecule has 1 unspecified atom stereocenters. The Morgan fingerprint density at radius 3 is 2.00 bits per heavy atom. The van der Waals surface area contributed by atoms with Gasteiger partial charge in [0.05, 0.1) is 25.9 Å². The van der Waals surface area contributed by atoms with E-state index in [0.29, 0.717) is 24.1 Å². The fourth-order valence-electron chi connectivity index (χ4n) is 3.31. The van der Waals surface area contributed by atoms with Gasteiger partial charge in [0.25, 0.3) is 5.91 Å². The van der Waals surface area contributed by atoms with Gasteiger partial charge < -0.3 is 20.5 Å². The minimum Gasteiger partial charge on any atom is -0.496 e. The average molecular weight is 448 g/mol. The van der Waals surface area contributed by atoms with Gasteiger partial charge in [-0.2, -0.15) is 5.26 Å². The molecular weight excluding hydrogens is 406 g/mol. The number of hydrogen-bond acceptors (Lipinski definition) is 5. The van der Waals surface area contributed by atoms with Crippen LogP contribution in [0.5, 0.6) is 11.5 Å². The van der Waals surface area contributed by atoms with Crippen LogP contribution in [-0.4, -0.2) is 32.6 Å². The molecule has 0 saturated heterocycles. The number of hydrogen-bond donors (Lipinski definition) is 2. The summed E-state index contributed by atoms with van der Waals surface area (Å²) in [5, 5.41) is 10.5. The van der Waals surface area contributed by atoms with Gasteiger partial charge in [-0.15, -0.1) is 0 Å². The van der Waals surface area contributed by atoms with Crippen molar-refractivity contribution in [2.45, 2.75) is 90.5 Å². The Balaban J connectivity index is 0.00000102. The van der Waals surface area contributed by atoms with E-state index in [0.717, 1.165) is 24.2 Å². The number of aryl methyl sites for hydroxylation is 1. The highest BCUT2D eigenvalue weighted by Crippen LogP contribution is 2.30. The number of nitriles is 1. The first kappa shape index (κ1) is 29.2. The van der Waals surface area contributed by atoms with Crippen molar-refractivity contribution in [3.63, 3.8) is 0 Å². The van der Waals surface area contributed by atoms with Crippen molar-refractivity contribution in [2.75, 3.05) is 14.2 Å². The van der Waals surface area contributed by atoms with Crippen molar-refractivity contribution >= 4 is 12.3 Å². The Bertz CT molecular complexity index is 701. The van der Waals surface area contributed by atoms with Crippen LogP contribution in [0.2, 0.25) is 0 Å². The monoisotopic (exact) mass is 447 g/mol. The largest absolute Gasteiger partial charge is 0.496 e. The lowest BCUT2D eigenvalue weighted by atomic mass is 10.0. The Hall–Kier alpha value is -2.75. The highest BCUT2D eigenvalue weighted by atomic mass is 16.5. The first-order valence-electron chi connectivity index (χ1n) is 11.6. The number of unbranched alkanes of at least 4 members (excludes halogenated alkanes) is 8. The fraction of sp³-hybridized carbons (Fsp3) is 0.640. The van der Waals surface area contributed by atoms with E-state index >= 15 is 0 Å². The van der Waals surface area contributed by atoms with Gasteiger partial charge in [-0.05, 0) is 30.9 Å². The summed E-state index contributed by atoms with van der Waals surface area (Å²) in [7, 11) is 3.17. The summed E-state index contributed by atoms with van der Waals surface area (Å²) < 4.78 is 10.6. The van der Waals surface area contributed by atoms with Gasteiger partial charge in [0.1, 0.15) is 17.5 Å². The quantitative estimate of drug-likeness (QED) is 0.276. The molecule has 0 aromatic heterocycles. The molecule has 1 rings (SSSR count). The Labute approximate surface area is 193 Å². The lowest BCUT2D eigenvalue weighted by Crippen LogP contribution is -2.24. The number of nitrogens with two attached hydrogens (primary N) is 1. The van der Waals surface area contributed by atoms with Gasteiger partial charge in [0.2, 0.25) is 6.41 Å². The number of nitrogens with one attached hydrogen (secondary N) is 1. The van der Waals surface area contributed by atoms with Crippen molar-refractivity contribution in [1.29, 1.82) is 5.26 Å². The molecule has 0 aliphatic carbocycles. The summed E-state index contributed by atoms with van der Waals surface area (Å²) in [4.78, 5) is 21.2. The molecule has 0 aliphatic rings. The van der Waals surface area contributed by atoms with E-state index in [1.54, 1.807) is 13.2 Å². The number of amides is 2. The maximum absolute atomic E-state index is 11.6. The van der Waals surface area contributed by atoms with Crippen molar-refractivity contribution in [2.24, 2.45) is 5.73 Å². The topological polar surface area (TPSA) is 114 Å². The zero-order valence-electron chi connectivity index (χ0n) is 20.2. The average Bonchev–Trinajstić information content (AvgIpc) is 2.81. The number of primary amides is 1. The second-order valence-corrected chi connectivity index (χ2v) is 7.68. The van der Waals surface area contributed by atoms with E-state index in [2.05, 4.69) is 12.2 Å².